The fourth-order valence-corrected chi connectivity index (χ4v) is 2.87. The smallest absolute Gasteiger partial charge is 0.280 e. The zero-order valence-corrected chi connectivity index (χ0v) is 15.5. The predicted molar refractivity (Wildman–Crippen MR) is 96.0 cm³/mol. The van der Waals surface area contributed by atoms with Gasteiger partial charge in [0.05, 0.1) is 0 Å². The maximum atomic E-state index is 11.0. The minimum Gasteiger partial charge on any atom is -0.280 e. The summed E-state index contributed by atoms with van der Waals surface area (Å²) in [5.74, 6) is 0. The van der Waals surface area contributed by atoms with Gasteiger partial charge in [-0.3, -0.25) is 9.35 Å². The Morgan fingerprint density at radius 2 is 1.22 bits per heavy atom. The highest BCUT2D eigenvalue weighted by atomic mass is 32.2. The lowest BCUT2D eigenvalue weighted by Gasteiger charge is -2.00. The molecule has 136 valence electrons. The van der Waals surface area contributed by atoms with Crippen LogP contribution in [0.25, 0.3) is 0 Å². The van der Waals surface area contributed by atoms with Crippen LogP contribution in [0.2, 0.25) is 0 Å². The van der Waals surface area contributed by atoms with E-state index in [2.05, 4.69) is 19.1 Å². The molecule has 0 heterocycles. The molecule has 0 aliphatic carbocycles. The molecule has 0 aliphatic rings. The quantitative estimate of drug-likeness (QED) is 0.243. The summed E-state index contributed by atoms with van der Waals surface area (Å²) in [6.07, 6.45) is 19.4. The van der Waals surface area contributed by atoms with Crippen molar-refractivity contribution in [2.24, 2.45) is 0 Å². The maximum Gasteiger partial charge on any atom is 0.328 e. The highest BCUT2D eigenvalue weighted by Crippen LogP contribution is 2.10. The van der Waals surface area contributed by atoms with Crippen molar-refractivity contribution in [2.75, 3.05) is 0 Å². The molecule has 0 unspecified atom stereocenters. The molecule has 0 saturated heterocycles. The molecular formula is C18H34O4S. The molecule has 23 heavy (non-hydrogen) atoms. The van der Waals surface area contributed by atoms with E-state index in [0.29, 0.717) is 6.42 Å². The number of allylic oxidation sites excluding steroid dienone is 2. The Morgan fingerprint density at radius 3 is 1.70 bits per heavy atom. The molecule has 4 nitrogen and oxygen atoms in total. The van der Waals surface area contributed by atoms with Crippen molar-refractivity contribution >= 4 is 15.2 Å². The first-order valence-corrected chi connectivity index (χ1v) is 10.6. The minimum atomic E-state index is -4.47. The third-order valence-electron chi connectivity index (χ3n) is 3.93. The normalized spacial score (nSPS) is 12.1. The van der Waals surface area contributed by atoms with Gasteiger partial charge in [-0.25, -0.2) is 0 Å². The number of unbranched alkanes of at least 4 members (excludes halogenated alkanes) is 11. The average Bonchev–Trinajstić information content (AvgIpc) is 2.50. The summed E-state index contributed by atoms with van der Waals surface area (Å²) >= 11 is 0. The molecule has 0 aliphatic heterocycles. The second-order valence-corrected chi connectivity index (χ2v) is 7.59. The van der Waals surface area contributed by atoms with E-state index in [1.165, 1.54) is 44.9 Å². The van der Waals surface area contributed by atoms with Crippen LogP contribution in [-0.2, 0) is 14.9 Å². The molecule has 0 spiro atoms. The molecule has 0 aromatic rings. The van der Waals surface area contributed by atoms with E-state index < -0.39 is 15.2 Å². The predicted octanol–water partition coefficient (Wildman–Crippen LogP) is 5.44. The number of hydrogen-bond donors (Lipinski definition) is 1. The van der Waals surface area contributed by atoms with Gasteiger partial charge in [0.15, 0.2) is 0 Å². The van der Waals surface area contributed by atoms with Gasteiger partial charge in [0.2, 0.25) is 0 Å². The lowest BCUT2D eigenvalue weighted by molar-refractivity contribution is -0.112. The number of hydrogen-bond acceptors (Lipinski definition) is 3. The molecule has 0 rings (SSSR count). The van der Waals surface area contributed by atoms with E-state index in [4.69, 9.17) is 4.55 Å². The SMILES string of the molecule is CCCCCCCCC=CCCCCCCCC(=O)S(=O)(=O)O. The van der Waals surface area contributed by atoms with Crippen LogP contribution >= 0.6 is 0 Å². The molecule has 0 aromatic heterocycles. The first-order valence-electron chi connectivity index (χ1n) is 9.13. The molecule has 0 saturated carbocycles. The first-order chi connectivity index (χ1) is 11.0. The molecule has 0 fully saturated rings. The molecule has 1 N–H and O–H groups in total. The van der Waals surface area contributed by atoms with Crippen LogP contribution in [0.5, 0.6) is 0 Å². The Bertz CT molecular complexity index is 413. The molecule has 0 radical (unpaired) electrons. The lowest BCUT2D eigenvalue weighted by Crippen LogP contribution is -2.12. The largest absolute Gasteiger partial charge is 0.328 e. The zero-order chi connectivity index (χ0) is 17.4. The summed E-state index contributed by atoms with van der Waals surface area (Å²) < 4.78 is 29.5. The van der Waals surface area contributed by atoms with E-state index >= 15 is 0 Å². The molecule has 5 heteroatoms. The summed E-state index contributed by atoms with van der Waals surface area (Å²) in [5, 5.41) is -1.06. The maximum absolute atomic E-state index is 11.0. The van der Waals surface area contributed by atoms with Crippen LogP contribution in [0.1, 0.15) is 96.8 Å². The van der Waals surface area contributed by atoms with E-state index in [9.17, 15) is 13.2 Å². The summed E-state index contributed by atoms with van der Waals surface area (Å²) in [6, 6.07) is 0. The average molecular weight is 347 g/mol. The van der Waals surface area contributed by atoms with E-state index in [-0.39, 0.29) is 6.42 Å². The fourth-order valence-electron chi connectivity index (χ4n) is 2.47. The van der Waals surface area contributed by atoms with Crippen molar-refractivity contribution in [2.45, 2.75) is 96.8 Å². The second kappa shape index (κ2) is 14.9. The van der Waals surface area contributed by atoms with Crippen LogP contribution in [0, 0.1) is 0 Å². The van der Waals surface area contributed by atoms with Gasteiger partial charge in [-0.05, 0) is 32.1 Å². The van der Waals surface area contributed by atoms with Gasteiger partial charge < -0.3 is 0 Å². The topological polar surface area (TPSA) is 71.4 Å². The Hall–Kier alpha value is -0.680. The van der Waals surface area contributed by atoms with Crippen molar-refractivity contribution in [3.63, 3.8) is 0 Å². The summed E-state index contributed by atoms with van der Waals surface area (Å²) in [4.78, 5) is 11.0. The molecule has 0 amide bonds. The van der Waals surface area contributed by atoms with Crippen molar-refractivity contribution in [1.82, 2.24) is 0 Å². The van der Waals surface area contributed by atoms with Crippen LogP contribution in [0.15, 0.2) is 12.2 Å². The molecule has 0 aromatic carbocycles. The van der Waals surface area contributed by atoms with Gasteiger partial charge in [0.1, 0.15) is 0 Å². The van der Waals surface area contributed by atoms with Crippen LogP contribution in [-0.4, -0.2) is 18.1 Å². The zero-order valence-electron chi connectivity index (χ0n) is 14.6. The standard InChI is InChI=1S/C18H34O4S/c1-2-3-4-5-6-7-8-9-10-11-12-13-14-15-16-17-18(19)23(20,21)22/h9-10H,2-8,11-17H2,1H3,(H,20,21,22). The van der Waals surface area contributed by atoms with Gasteiger partial charge in [0, 0.05) is 6.42 Å². The highest BCUT2D eigenvalue weighted by Gasteiger charge is 2.16. The van der Waals surface area contributed by atoms with E-state index in [0.717, 1.165) is 32.1 Å². The summed E-state index contributed by atoms with van der Waals surface area (Å²) in [6.45, 7) is 2.24. The van der Waals surface area contributed by atoms with Crippen molar-refractivity contribution < 1.29 is 17.8 Å². The van der Waals surface area contributed by atoms with E-state index in [1.54, 1.807) is 0 Å². The monoisotopic (exact) mass is 346 g/mol. The number of carbonyl (C=O) groups excluding carboxylic acids is 1. The Morgan fingerprint density at radius 1 is 0.783 bits per heavy atom. The Balaban J connectivity index is 3.27. The minimum absolute atomic E-state index is 0.0724. The van der Waals surface area contributed by atoms with Crippen molar-refractivity contribution in [3.8, 4) is 0 Å². The first kappa shape index (κ1) is 22.3. The second-order valence-electron chi connectivity index (χ2n) is 6.18. The van der Waals surface area contributed by atoms with Crippen LogP contribution in [0.3, 0.4) is 0 Å². The number of carbonyl (C=O) groups is 1. The third-order valence-corrected chi connectivity index (χ3v) is 4.71. The van der Waals surface area contributed by atoms with Crippen LogP contribution in [0.4, 0.5) is 0 Å². The van der Waals surface area contributed by atoms with E-state index in [1.807, 2.05) is 0 Å². The van der Waals surface area contributed by atoms with Crippen molar-refractivity contribution in [3.05, 3.63) is 12.2 Å². The van der Waals surface area contributed by atoms with Gasteiger partial charge in [-0.15, -0.1) is 0 Å². The Labute approximate surface area is 142 Å². The van der Waals surface area contributed by atoms with Gasteiger partial charge in [0.25, 0.3) is 5.12 Å². The van der Waals surface area contributed by atoms with Crippen LogP contribution < -0.4 is 0 Å². The molecule has 0 atom stereocenters. The van der Waals surface area contributed by atoms with Gasteiger partial charge in [-0.1, -0.05) is 70.4 Å². The summed E-state index contributed by atoms with van der Waals surface area (Å²) in [5.41, 5.74) is 0. The number of rotatable bonds is 15. The van der Waals surface area contributed by atoms with Gasteiger partial charge in [-0.2, -0.15) is 8.42 Å². The highest BCUT2D eigenvalue weighted by molar-refractivity contribution is 8.01. The lowest BCUT2D eigenvalue weighted by atomic mass is 10.1. The fraction of sp³-hybridized carbons (Fsp3) is 0.833. The van der Waals surface area contributed by atoms with Crippen molar-refractivity contribution in [1.29, 1.82) is 0 Å². The third kappa shape index (κ3) is 16.0. The Kier molecular flexibility index (Phi) is 14.4. The molecule has 0 bridgehead atoms. The summed E-state index contributed by atoms with van der Waals surface area (Å²) in [7, 11) is -4.47. The van der Waals surface area contributed by atoms with Gasteiger partial charge >= 0.3 is 10.1 Å². The molecular weight excluding hydrogens is 312 g/mol.